The van der Waals surface area contributed by atoms with Crippen molar-refractivity contribution >= 4 is 16.9 Å². The van der Waals surface area contributed by atoms with Crippen LogP contribution in [0.15, 0.2) is 24.3 Å². The van der Waals surface area contributed by atoms with Gasteiger partial charge in [-0.1, -0.05) is 13.3 Å². The van der Waals surface area contributed by atoms with Gasteiger partial charge < -0.3 is 9.84 Å². The van der Waals surface area contributed by atoms with Crippen LogP contribution in [0.25, 0.3) is 10.9 Å². The number of carboxylic acid groups (broad SMARTS) is 1. The summed E-state index contributed by atoms with van der Waals surface area (Å²) in [4.78, 5) is 15.6. The molecule has 0 radical (unpaired) electrons. The molecule has 1 heterocycles. The molecule has 1 aromatic carbocycles. The van der Waals surface area contributed by atoms with Gasteiger partial charge in [0.25, 0.3) is 0 Å². The molecule has 0 aliphatic carbocycles. The highest BCUT2D eigenvalue weighted by Gasteiger charge is 2.12. The Morgan fingerprint density at radius 2 is 2.17 bits per heavy atom. The monoisotopic (exact) mass is 245 g/mol. The van der Waals surface area contributed by atoms with E-state index in [9.17, 15) is 9.90 Å². The molecule has 0 bridgehead atoms. The molecule has 0 atom stereocenters. The van der Waals surface area contributed by atoms with E-state index in [2.05, 4.69) is 4.98 Å². The summed E-state index contributed by atoms with van der Waals surface area (Å²) in [7, 11) is 1.58. The molecular weight excluding hydrogens is 230 g/mol. The Morgan fingerprint density at radius 1 is 1.39 bits per heavy atom. The van der Waals surface area contributed by atoms with Crippen molar-refractivity contribution < 1.29 is 14.6 Å². The summed E-state index contributed by atoms with van der Waals surface area (Å²) in [6.45, 7) is 2.01. The highest BCUT2D eigenvalue weighted by atomic mass is 16.5. The van der Waals surface area contributed by atoms with E-state index in [1.54, 1.807) is 19.2 Å². The molecule has 94 valence electrons. The zero-order chi connectivity index (χ0) is 13.1. The number of carboxylic acids is 1. The minimum atomic E-state index is -0.935. The number of rotatable bonds is 4. The molecule has 0 saturated carbocycles. The molecule has 0 aliphatic heterocycles. The summed E-state index contributed by atoms with van der Waals surface area (Å²) < 4.78 is 5.13. The lowest BCUT2D eigenvalue weighted by atomic mass is 10.1. The average Bonchev–Trinajstić information content (AvgIpc) is 2.37. The van der Waals surface area contributed by atoms with E-state index in [1.807, 2.05) is 19.1 Å². The number of aromatic carboxylic acids is 1. The number of hydrogen-bond donors (Lipinski definition) is 1. The van der Waals surface area contributed by atoms with Crippen molar-refractivity contribution in [2.45, 2.75) is 19.8 Å². The fraction of sp³-hybridized carbons (Fsp3) is 0.286. The fourth-order valence-corrected chi connectivity index (χ4v) is 1.93. The summed E-state index contributed by atoms with van der Waals surface area (Å²) >= 11 is 0. The maximum Gasteiger partial charge on any atom is 0.337 e. The van der Waals surface area contributed by atoms with Crippen LogP contribution in [0, 0.1) is 0 Å². The van der Waals surface area contributed by atoms with Crippen LogP contribution in [0.3, 0.4) is 0 Å². The van der Waals surface area contributed by atoms with Gasteiger partial charge in [0.15, 0.2) is 0 Å². The molecule has 0 saturated heterocycles. The standard InChI is InChI=1S/C14H15NO3/c1-3-4-13-11(14(16)17)8-9-7-10(18-2)5-6-12(9)15-13/h5-8H,3-4H2,1-2H3,(H,16,17). The van der Waals surface area contributed by atoms with Crippen molar-refractivity contribution in [3.8, 4) is 5.75 Å². The van der Waals surface area contributed by atoms with Crippen LogP contribution < -0.4 is 4.74 Å². The van der Waals surface area contributed by atoms with E-state index in [1.165, 1.54) is 0 Å². The first-order valence-electron chi connectivity index (χ1n) is 5.86. The van der Waals surface area contributed by atoms with Gasteiger partial charge in [-0.05, 0) is 30.7 Å². The quantitative estimate of drug-likeness (QED) is 0.899. The second kappa shape index (κ2) is 5.04. The van der Waals surface area contributed by atoms with Gasteiger partial charge >= 0.3 is 5.97 Å². The highest BCUT2D eigenvalue weighted by Crippen LogP contribution is 2.22. The molecule has 0 fully saturated rings. The molecule has 0 aliphatic rings. The number of fused-ring (bicyclic) bond motifs is 1. The van der Waals surface area contributed by atoms with Crippen molar-refractivity contribution in [1.29, 1.82) is 0 Å². The van der Waals surface area contributed by atoms with Gasteiger partial charge in [0.05, 0.1) is 23.9 Å². The lowest BCUT2D eigenvalue weighted by Crippen LogP contribution is -2.05. The van der Waals surface area contributed by atoms with Crippen molar-refractivity contribution in [3.63, 3.8) is 0 Å². The first-order chi connectivity index (χ1) is 8.65. The van der Waals surface area contributed by atoms with Gasteiger partial charge in [0, 0.05) is 5.39 Å². The molecule has 1 N–H and O–H groups in total. The lowest BCUT2D eigenvalue weighted by molar-refractivity contribution is 0.0695. The van der Waals surface area contributed by atoms with Crippen molar-refractivity contribution in [2.75, 3.05) is 7.11 Å². The lowest BCUT2D eigenvalue weighted by Gasteiger charge is -2.08. The maximum absolute atomic E-state index is 11.2. The van der Waals surface area contributed by atoms with E-state index >= 15 is 0 Å². The Hall–Kier alpha value is -2.10. The van der Waals surface area contributed by atoms with E-state index in [0.717, 1.165) is 17.3 Å². The second-order valence-corrected chi connectivity index (χ2v) is 4.10. The van der Waals surface area contributed by atoms with Gasteiger partial charge in [-0.2, -0.15) is 0 Å². The molecule has 4 nitrogen and oxygen atoms in total. The number of carbonyl (C=O) groups is 1. The molecule has 0 unspecified atom stereocenters. The van der Waals surface area contributed by atoms with Crippen LogP contribution in [0.5, 0.6) is 5.75 Å². The predicted molar refractivity (Wildman–Crippen MR) is 69.2 cm³/mol. The summed E-state index contributed by atoms with van der Waals surface area (Å²) in [6.07, 6.45) is 1.54. The van der Waals surface area contributed by atoms with Gasteiger partial charge in [-0.25, -0.2) is 4.79 Å². The number of benzene rings is 1. The molecule has 18 heavy (non-hydrogen) atoms. The first kappa shape index (κ1) is 12.4. The Bertz CT molecular complexity index is 593. The smallest absolute Gasteiger partial charge is 0.337 e. The summed E-state index contributed by atoms with van der Waals surface area (Å²) in [5.74, 6) is -0.237. The minimum absolute atomic E-state index is 0.276. The van der Waals surface area contributed by atoms with Gasteiger partial charge in [-0.3, -0.25) is 4.98 Å². The van der Waals surface area contributed by atoms with Crippen molar-refractivity contribution in [3.05, 3.63) is 35.5 Å². The number of aryl methyl sites for hydroxylation is 1. The second-order valence-electron chi connectivity index (χ2n) is 4.10. The Labute approximate surface area is 105 Å². The van der Waals surface area contributed by atoms with Gasteiger partial charge in [0.2, 0.25) is 0 Å². The number of ether oxygens (including phenoxy) is 1. The van der Waals surface area contributed by atoms with E-state index in [4.69, 9.17) is 4.74 Å². The van der Waals surface area contributed by atoms with Crippen molar-refractivity contribution in [2.24, 2.45) is 0 Å². The minimum Gasteiger partial charge on any atom is -0.497 e. The summed E-state index contributed by atoms with van der Waals surface area (Å²) in [5, 5.41) is 9.99. The van der Waals surface area contributed by atoms with Gasteiger partial charge in [0.1, 0.15) is 5.75 Å². The third-order valence-electron chi connectivity index (χ3n) is 2.82. The third kappa shape index (κ3) is 2.27. The topological polar surface area (TPSA) is 59.4 Å². The Morgan fingerprint density at radius 3 is 2.78 bits per heavy atom. The maximum atomic E-state index is 11.2. The zero-order valence-electron chi connectivity index (χ0n) is 10.4. The Kier molecular flexibility index (Phi) is 3.46. The number of methoxy groups -OCH3 is 1. The number of pyridine rings is 1. The van der Waals surface area contributed by atoms with Crippen LogP contribution in [-0.4, -0.2) is 23.2 Å². The van der Waals surface area contributed by atoms with Crippen LogP contribution in [0.2, 0.25) is 0 Å². The van der Waals surface area contributed by atoms with E-state index in [0.29, 0.717) is 17.9 Å². The van der Waals surface area contributed by atoms with Crippen LogP contribution >= 0.6 is 0 Å². The molecule has 4 heteroatoms. The fourth-order valence-electron chi connectivity index (χ4n) is 1.93. The SMILES string of the molecule is CCCc1nc2ccc(OC)cc2cc1C(=O)O. The summed E-state index contributed by atoms with van der Waals surface area (Å²) in [6, 6.07) is 7.13. The van der Waals surface area contributed by atoms with E-state index in [-0.39, 0.29) is 5.56 Å². The largest absolute Gasteiger partial charge is 0.497 e. The zero-order valence-corrected chi connectivity index (χ0v) is 10.4. The van der Waals surface area contributed by atoms with E-state index < -0.39 is 5.97 Å². The normalized spacial score (nSPS) is 10.6. The number of aromatic nitrogens is 1. The summed E-state index contributed by atoms with van der Waals surface area (Å²) in [5.41, 5.74) is 1.71. The number of hydrogen-bond acceptors (Lipinski definition) is 3. The highest BCUT2D eigenvalue weighted by molar-refractivity contribution is 5.94. The number of nitrogens with zero attached hydrogens (tertiary/aromatic N) is 1. The molecule has 2 aromatic rings. The molecule has 0 amide bonds. The molecule has 2 rings (SSSR count). The average molecular weight is 245 g/mol. The van der Waals surface area contributed by atoms with Crippen molar-refractivity contribution in [1.82, 2.24) is 4.98 Å². The van der Waals surface area contributed by atoms with Crippen LogP contribution in [-0.2, 0) is 6.42 Å². The molecule has 0 spiro atoms. The van der Waals surface area contributed by atoms with Crippen LogP contribution in [0.1, 0.15) is 29.4 Å². The molecule has 1 aromatic heterocycles. The first-order valence-corrected chi connectivity index (χ1v) is 5.86. The predicted octanol–water partition coefficient (Wildman–Crippen LogP) is 2.89. The third-order valence-corrected chi connectivity index (χ3v) is 2.82. The molecular formula is C14H15NO3. The van der Waals surface area contributed by atoms with Gasteiger partial charge in [-0.15, -0.1) is 0 Å². The Balaban J connectivity index is 2.64. The van der Waals surface area contributed by atoms with Crippen LogP contribution in [0.4, 0.5) is 0 Å².